The molecule has 1 heterocycles. The van der Waals surface area contributed by atoms with Crippen molar-refractivity contribution in [3.8, 4) is 0 Å². The van der Waals surface area contributed by atoms with Crippen LogP contribution in [0.15, 0.2) is 29.6 Å². The minimum atomic E-state index is -0.311. The van der Waals surface area contributed by atoms with E-state index in [1.807, 2.05) is 12.3 Å². The van der Waals surface area contributed by atoms with E-state index in [2.05, 4.69) is 11.4 Å². The Morgan fingerprint density at radius 2 is 2.19 bits per heavy atom. The molecule has 0 spiro atoms. The van der Waals surface area contributed by atoms with Crippen molar-refractivity contribution in [1.29, 1.82) is 0 Å². The molecule has 0 atom stereocenters. The number of benzene rings is 1. The van der Waals surface area contributed by atoms with Crippen LogP contribution >= 0.6 is 11.3 Å². The van der Waals surface area contributed by atoms with E-state index in [0.29, 0.717) is 17.9 Å². The summed E-state index contributed by atoms with van der Waals surface area (Å²) in [6.07, 6.45) is 0. The Labute approximate surface area is 97.9 Å². The molecular formula is C12H13FN2S. The van der Waals surface area contributed by atoms with Crippen LogP contribution in [0.5, 0.6) is 0 Å². The highest BCUT2D eigenvalue weighted by Crippen LogP contribution is 2.20. The van der Waals surface area contributed by atoms with Crippen molar-refractivity contribution in [3.05, 3.63) is 45.9 Å². The van der Waals surface area contributed by atoms with Gasteiger partial charge in [-0.2, -0.15) is 0 Å². The Balaban J connectivity index is 2.08. The second-order valence-electron chi connectivity index (χ2n) is 3.62. The lowest BCUT2D eigenvalue weighted by molar-refractivity contribution is 0.631. The molecule has 0 saturated carbocycles. The van der Waals surface area contributed by atoms with Crippen LogP contribution in [-0.2, 0) is 6.54 Å². The maximum Gasteiger partial charge on any atom is 0.148 e. The molecule has 16 heavy (non-hydrogen) atoms. The van der Waals surface area contributed by atoms with Crippen LogP contribution in [0.1, 0.15) is 10.4 Å². The number of nitrogens with two attached hydrogens (primary N) is 1. The molecule has 0 aliphatic rings. The van der Waals surface area contributed by atoms with Gasteiger partial charge in [0.05, 0.1) is 5.69 Å². The number of halogens is 1. The van der Waals surface area contributed by atoms with E-state index in [4.69, 9.17) is 5.73 Å². The fourth-order valence-electron chi connectivity index (χ4n) is 1.44. The molecule has 2 nitrogen and oxygen atoms in total. The summed E-state index contributed by atoms with van der Waals surface area (Å²) in [5.41, 5.74) is 7.63. The number of hydrogen-bond acceptors (Lipinski definition) is 3. The number of nitrogen functional groups attached to an aromatic ring is 1. The van der Waals surface area contributed by atoms with Crippen molar-refractivity contribution < 1.29 is 4.39 Å². The number of hydrogen-bond donors (Lipinski definition) is 2. The lowest BCUT2D eigenvalue weighted by Crippen LogP contribution is -2.01. The summed E-state index contributed by atoms with van der Waals surface area (Å²) >= 11 is 1.67. The van der Waals surface area contributed by atoms with Gasteiger partial charge in [0, 0.05) is 17.1 Å². The molecule has 1 aromatic carbocycles. The van der Waals surface area contributed by atoms with Crippen LogP contribution in [0, 0.1) is 12.7 Å². The Morgan fingerprint density at radius 1 is 1.38 bits per heavy atom. The predicted octanol–water partition coefficient (Wildman–Crippen LogP) is 3.39. The first-order valence-electron chi connectivity index (χ1n) is 4.98. The van der Waals surface area contributed by atoms with Gasteiger partial charge in [-0.1, -0.05) is 0 Å². The fraction of sp³-hybridized carbons (Fsp3) is 0.167. The summed E-state index contributed by atoms with van der Waals surface area (Å²) in [5.74, 6) is -0.311. The van der Waals surface area contributed by atoms with E-state index in [0.717, 1.165) is 0 Å². The maximum absolute atomic E-state index is 13.4. The Hall–Kier alpha value is -1.55. The number of aryl methyl sites for hydroxylation is 1. The molecule has 3 N–H and O–H groups in total. The molecular weight excluding hydrogens is 223 g/mol. The van der Waals surface area contributed by atoms with Crippen LogP contribution in [0.2, 0.25) is 0 Å². The zero-order chi connectivity index (χ0) is 11.5. The molecule has 0 fully saturated rings. The summed E-state index contributed by atoms with van der Waals surface area (Å²) in [7, 11) is 0. The first kappa shape index (κ1) is 11.0. The van der Waals surface area contributed by atoms with Gasteiger partial charge in [-0.15, -0.1) is 11.3 Å². The van der Waals surface area contributed by atoms with E-state index in [-0.39, 0.29) is 5.82 Å². The molecule has 0 unspecified atom stereocenters. The van der Waals surface area contributed by atoms with Crippen molar-refractivity contribution in [2.24, 2.45) is 0 Å². The highest BCUT2D eigenvalue weighted by atomic mass is 32.1. The molecule has 0 saturated heterocycles. The Kier molecular flexibility index (Phi) is 3.10. The SMILES string of the molecule is Cc1ccsc1CNc1ccc(N)cc1F. The van der Waals surface area contributed by atoms with Crippen molar-refractivity contribution >= 4 is 22.7 Å². The molecule has 0 bridgehead atoms. The number of rotatable bonds is 3. The van der Waals surface area contributed by atoms with Crippen LogP contribution in [0.4, 0.5) is 15.8 Å². The minimum Gasteiger partial charge on any atom is -0.399 e. The van der Waals surface area contributed by atoms with Gasteiger partial charge >= 0.3 is 0 Å². The van der Waals surface area contributed by atoms with Gasteiger partial charge < -0.3 is 11.1 Å². The molecule has 2 aromatic rings. The zero-order valence-electron chi connectivity index (χ0n) is 8.96. The summed E-state index contributed by atoms with van der Waals surface area (Å²) in [6.45, 7) is 2.69. The van der Waals surface area contributed by atoms with Crippen LogP contribution in [0.25, 0.3) is 0 Å². The molecule has 0 aliphatic carbocycles. The minimum absolute atomic E-state index is 0.311. The van der Waals surface area contributed by atoms with Gasteiger partial charge in [0.2, 0.25) is 0 Å². The first-order chi connectivity index (χ1) is 7.66. The monoisotopic (exact) mass is 236 g/mol. The summed E-state index contributed by atoms with van der Waals surface area (Å²) < 4.78 is 13.4. The quantitative estimate of drug-likeness (QED) is 0.802. The largest absolute Gasteiger partial charge is 0.399 e. The van der Waals surface area contributed by atoms with E-state index >= 15 is 0 Å². The van der Waals surface area contributed by atoms with Crippen molar-refractivity contribution in [3.63, 3.8) is 0 Å². The highest BCUT2D eigenvalue weighted by molar-refractivity contribution is 7.10. The van der Waals surface area contributed by atoms with Crippen LogP contribution in [0.3, 0.4) is 0 Å². The van der Waals surface area contributed by atoms with E-state index in [1.165, 1.54) is 16.5 Å². The molecule has 4 heteroatoms. The third-order valence-corrected chi connectivity index (χ3v) is 3.42. The van der Waals surface area contributed by atoms with Gasteiger partial charge in [0.25, 0.3) is 0 Å². The molecule has 0 amide bonds. The zero-order valence-corrected chi connectivity index (χ0v) is 9.77. The van der Waals surface area contributed by atoms with Crippen LogP contribution in [-0.4, -0.2) is 0 Å². The molecule has 2 rings (SSSR count). The normalized spacial score (nSPS) is 10.4. The molecule has 84 valence electrons. The number of anilines is 2. The maximum atomic E-state index is 13.4. The topological polar surface area (TPSA) is 38.0 Å². The second kappa shape index (κ2) is 4.53. The van der Waals surface area contributed by atoms with E-state index in [9.17, 15) is 4.39 Å². The fourth-order valence-corrected chi connectivity index (χ4v) is 2.28. The van der Waals surface area contributed by atoms with Gasteiger partial charge in [-0.25, -0.2) is 4.39 Å². The summed E-state index contributed by atoms with van der Waals surface area (Å²) in [5, 5.41) is 5.10. The van der Waals surface area contributed by atoms with Crippen molar-refractivity contribution in [2.45, 2.75) is 13.5 Å². The first-order valence-corrected chi connectivity index (χ1v) is 5.86. The molecule has 0 radical (unpaired) electrons. The van der Waals surface area contributed by atoms with E-state index in [1.54, 1.807) is 23.5 Å². The average Bonchev–Trinajstić information content (AvgIpc) is 2.63. The number of nitrogens with one attached hydrogen (secondary N) is 1. The van der Waals surface area contributed by atoms with Gasteiger partial charge in [-0.3, -0.25) is 0 Å². The lowest BCUT2D eigenvalue weighted by Gasteiger charge is -2.07. The summed E-state index contributed by atoms with van der Waals surface area (Å²) in [4.78, 5) is 1.22. The third-order valence-electron chi connectivity index (χ3n) is 2.40. The van der Waals surface area contributed by atoms with Crippen molar-refractivity contribution in [2.75, 3.05) is 11.1 Å². The molecule has 1 aromatic heterocycles. The summed E-state index contributed by atoms with van der Waals surface area (Å²) in [6, 6.07) is 6.73. The number of thiophene rings is 1. The van der Waals surface area contributed by atoms with E-state index < -0.39 is 0 Å². The van der Waals surface area contributed by atoms with Crippen molar-refractivity contribution in [1.82, 2.24) is 0 Å². The molecule has 0 aliphatic heterocycles. The lowest BCUT2D eigenvalue weighted by atomic mass is 10.2. The Morgan fingerprint density at radius 3 is 2.81 bits per heavy atom. The Bertz CT molecular complexity index is 494. The highest BCUT2D eigenvalue weighted by Gasteiger charge is 2.03. The predicted molar refractivity (Wildman–Crippen MR) is 67.2 cm³/mol. The average molecular weight is 236 g/mol. The van der Waals surface area contributed by atoms with Gasteiger partial charge in [0.1, 0.15) is 5.82 Å². The smallest absolute Gasteiger partial charge is 0.148 e. The van der Waals surface area contributed by atoms with Gasteiger partial charge in [-0.05, 0) is 42.1 Å². The second-order valence-corrected chi connectivity index (χ2v) is 4.62. The standard InChI is InChI=1S/C12H13FN2S/c1-8-4-5-16-12(8)7-15-11-3-2-9(14)6-10(11)13/h2-6,15H,7,14H2,1H3. The third kappa shape index (κ3) is 2.33. The van der Waals surface area contributed by atoms with Crippen LogP contribution < -0.4 is 11.1 Å². The van der Waals surface area contributed by atoms with Gasteiger partial charge in [0.15, 0.2) is 0 Å².